The molecule has 70 valence electrons. The minimum Gasteiger partial charge on any atom is -0.147 e. The molecule has 0 bridgehead atoms. The lowest BCUT2D eigenvalue weighted by molar-refractivity contribution is 0.411. The minimum absolute atomic E-state index is 0.428. The van der Waals surface area contributed by atoms with Gasteiger partial charge in [0, 0.05) is 0 Å². The predicted molar refractivity (Wildman–Crippen MR) is 61.9 cm³/mol. The molecule has 0 radical (unpaired) electrons. The van der Waals surface area contributed by atoms with Crippen LogP contribution in [0.1, 0.15) is 26.7 Å². The lowest BCUT2D eigenvalue weighted by atomic mass is 9.92. The van der Waals surface area contributed by atoms with Crippen molar-refractivity contribution >= 4 is 23.5 Å². The Morgan fingerprint density at radius 1 is 1.42 bits per heavy atom. The molecule has 0 aromatic carbocycles. The van der Waals surface area contributed by atoms with Gasteiger partial charge in [0.05, 0.1) is 4.58 Å². The maximum Gasteiger partial charge on any atom is 0.0556 e. The third kappa shape index (κ3) is 2.74. The highest BCUT2D eigenvalue weighted by Gasteiger charge is 2.30. The highest BCUT2D eigenvalue weighted by molar-refractivity contribution is 8.17. The number of allylic oxidation sites excluding steroid dienone is 1. The van der Waals surface area contributed by atoms with E-state index >= 15 is 0 Å². The second kappa shape index (κ2) is 4.61. The molecule has 0 atom stereocenters. The molecule has 12 heavy (non-hydrogen) atoms. The van der Waals surface area contributed by atoms with Crippen LogP contribution in [0.4, 0.5) is 0 Å². The van der Waals surface area contributed by atoms with Crippen LogP contribution in [0.3, 0.4) is 0 Å². The van der Waals surface area contributed by atoms with Gasteiger partial charge < -0.3 is 0 Å². The van der Waals surface area contributed by atoms with Crippen LogP contribution in [0.2, 0.25) is 0 Å². The molecule has 1 rings (SSSR count). The van der Waals surface area contributed by atoms with E-state index in [-0.39, 0.29) is 0 Å². The van der Waals surface area contributed by atoms with Gasteiger partial charge in [-0.3, -0.25) is 0 Å². The highest BCUT2D eigenvalue weighted by Crippen LogP contribution is 2.44. The van der Waals surface area contributed by atoms with Crippen LogP contribution in [0.5, 0.6) is 0 Å². The Morgan fingerprint density at radius 3 is 2.50 bits per heavy atom. The maximum atomic E-state index is 3.82. The van der Waals surface area contributed by atoms with E-state index < -0.39 is 0 Å². The lowest BCUT2D eigenvalue weighted by Gasteiger charge is -2.35. The van der Waals surface area contributed by atoms with Gasteiger partial charge in [0.15, 0.2) is 0 Å². The van der Waals surface area contributed by atoms with Gasteiger partial charge in [-0.1, -0.05) is 19.9 Å². The topological polar surface area (TPSA) is 0 Å². The van der Waals surface area contributed by atoms with Gasteiger partial charge in [-0.2, -0.15) is 0 Å². The third-order valence-corrected chi connectivity index (χ3v) is 5.88. The van der Waals surface area contributed by atoms with Crippen molar-refractivity contribution in [2.45, 2.75) is 31.3 Å². The summed E-state index contributed by atoms with van der Waals surface area (Å²) < 4.78 is 0.782. The summed E-state index contributed by atoms with van der Waals surface area (Å²) in [6, 6.07) is 0. The normalized spacial score (nSPS) is 20.8. The average Bonchev–Trinajstić information content (AvgIpc) is 2.06. The summed E-state index contributed by atoms with van der Waals surface area (Å²) in [6.07, 6.45) is 4.57. The van der Waals surface area contributed by atoms with Crippen molar-refractivity contribution in [3.05, 3.63) is 12.7 Å². The molecule has 1 heterocycles. The van der Waals surface area contributed by atoms with E-state index in [2.05, 4.69) is 50.0 Å². The minimum atomic E-state index is 0.428. The molecule has 1 aliphatic heterocycles. The first kappa shape index (κ1) is 10.5. The van der Waals surface area contributed by atoms with Crippen LogP contribution in [0.15, 0.2) is 12.7 Å². The molecular weight excluding hydrogens is 184 g/mol. The average molecular weight is 202 g/mol. The Morgan fingerprint density at radius 2 is 2.00 bits per heavy atom. The molecule has 0 nitrogen and oxygen atoms in total. The second-order valence-electron chi connectivity index (χ2n) is 3.91. The van der Waals surface area contributed by atoms with Crippen molar-refractivity contribution in [2.24, 2.45) is 5.41 Å². The molecule has 2 heteroatoms. The van der Waals surface area contributed by atoms with Crippen LogP contribution in [0.25, 0.3) is 0 Å². The lowest BCUT2D eigenvalue weighted by Crippen LogP contribution is -2.26. The van der Waals surface area contributed by atoms with E-state index in [1.165, 1.54) is 17.9 Å². The Bertz CT molecular complexity index is 146. The van der Waals surface area contributed by atoms with Crippen molar-refractivity contribution in [1.82, 2.24) is 0 Å². The fraction of sp³-hybridized carbons (Fsp3) is 0.800. The van der Waals surface area contributed by atoms with E-state index in [0.29, 0.717) is 5.41 Å². The molecule has 0 spiro atoms. The molecule has 0 saturated carbocycles. The Kier molecular flexibility index (Phi) is 4.04. The first-order chi connectivity index (χ1) is 5.67. The second-order valence-corrected chi connectivity index (χ2v) is 6.63. The summed E-state index contributed by atoms with van der Waals surface area (Å²) in [4.78, 5) is 0. The molecule has 0 unspecified atom stereocenters. The van der Waals surface area contributed by atoms with Gasteiger partial charge in [0.2, 0.25) is 0 Å². The molecule has 1 saturated heterocycles. The van der Waals surface area contributed by atoms with Crippen molar-refractivity contribution < 1.29 is 0 Å². The monoisotopic (exact) mass is 202 g/mol. The fourth-order valence-electron chi connectivity index (χ4n) is 1.41. The van der Waals surface area contributed by atoms with Crippen molar-refractivity contribution in [3.63, 3.8) is 0 Å². The quantitative estimate of drug-likeness (QED) is 0.639. The zero-order valence-electron chi connectivity index (χ0n) is 8.01. The molecule has 0 amide bonds. The van der Waals surface area contributed by atoms with Crippen LogP contribution in [-0.4, -0.2) is 16.1 Å². The standard InChI is InChI=1S/C10H18S2/c1-4-6-10(2,3)9-11-7-5-8-12-9/h4,9H,1,5-8H2,2-3H3. The van der Waals surface area contributed by atoms with Gasteiger partial charge in [-0.15, -0.1) is 30.1 Å². The number of rotatable bonds is 3. The maximum absolute atomic E-state index is 3.82. The van der Waals surface area contributed by atoms with Gasteiger partial charge in [-0.05, 0) is 29.8 Å². The molecule has 0 N–H and O–H groups in total. The van der Waals surface area contributed by atoms with Crippen LogP contribution in [-0.2, 0) is 0 Å². The van der Waals surface area contributed by atoms with Crippen LogP contribution < -0.4 is 0 Å². The third-order valence-electron chi connectivity index (χ3n) is 2.14. The summed E-state index contributed by atoms with van der Waals surface area (Å²) in [5.41, 5.74) is 0.428. The molecular formula is C10H18S2. The smallest absolute Gasteiger partial charge is 0.0556 e. The Hall–Kier alpha value is 0.440. The Balaban J connectivity index is 2.47. The number of thioether (sulfide) groups is 2. The van der Waals surface area contributed by atoms with E-state index in [1.54, 1.807) is 0 Å². The van der Waals surface area contributed by atoms with Crippen molar-refractivity contribution in [1.29, 1.82) is 0 Å². The van der Waals surface area contributed by atoms with E-state index in [1.807, 2.05) is 0 Å². The van der Waals surface area contributed by atoms with Crippen molar-refractivity contribution in [2.75, 3.05) is 11.5 Å². The first-order valence-electron chi connectivity index (χ1n) is 4.51. The van der Waals surface area contributed by atoms with Gasteiger partial charge in [0.25, 0.3) is 0 Å². The predicted octanol–water partition coefficient (Wildman–Crippen LogP) is 3.78. The summed E-state index contributed by atoms with van der Waals surface area (Å²) in [5, 5.41) is 0. The number of hydrogen-bond donors (Lipinski definition) is 0. The molecule has 1 fully saturated rings. The van der Waals surface area contributed by atoms with E-state index in [9.17, 15) is 0 Å². The van der Waals surface area contributed by atoms with Crippen LogP contribution in [0, 0.1) is 5.41 Å². The van der Waals surface area contributed by atoms with E-state index in [0.717, 1.165) is 11.0 Å². The molecule has 1 aliphatic rings. The fourth-order valence-corrected chi connectivity index (χ4v) is 4.70. The Labute approximate surface area is 84.6 Å². The molecule has 0 aromatic heterocycles. The van der Waals surface area contributed by atoms with Gasteiger partial charge in [0.1, 0.15) is 0 Å². The summed E-state index contributed by atoms with van der Waals surface area (Å²) >= 11 is 4.25. The summed E-state index contributed by atoms with van der Waals surface area (Å²) in [7, 11) is 0. The molecule has 0 aliphatic carbocycles. The zero-order valence-corrected chi connectivity index (χ0v) is 9.64. The van der Waals surface area contributed by atoms with Crippen LogP contribution >= 0.6 is 23.5 Å². The largest absolute Gasteiger partial charge is 0.147 e. The van der Waals surface area contributed by atoms with Crippen molar-refractivity contribution in [3.8, 4) is 0 Å². The highest BCUT2D eigenvalue weighted by atomic mass is 32.2. The zero-order chi connectivity index (χ0) is 9.03. The molecule has 0 aromatic rings. The summed E-state index contributed by atoms with van der Waals surface area (Å²) in [5.74, 6) is 2.69. The summed E-state index contributed by atoms with van der Waals surface area (Å²) in [6.45, 7) is 8.53. The van der Waals surface area contributed by atoms with Gasteiger partial charge in [-0.25, -0.2) is 0 Å². The van der Waals surface area contributed by atoms with Gasteiger partial charge >= 0.3 is 0 Å². The first-order valence-corrected chi connectivity index (χ1v) is 6.60. The number of hydrogen-bond acceptors (Lipinski definition) is 2. The van der Waals surface area contributed by atoms with E-state index in [4.69, 9.17) is 0 Å². The SMILES string of the molecule is C=CCC(C)(C)C1SCCCS1.